The van der Waals surface area contributed by atoms with Gasteiger partial charge in [-0.3, -0.25) is 9.78 Å². The van der Waals surface area contributed by atoms with Gasteiger partial charge in [0.05, 0.1) is 25.5 Å². The van der Waals surface area contributed by atoms with E-state index in [9.17, 15) is 4.79 Å². The van der Waals surface area contributed by atoms with Gasteiger partial charge in [-0.05, 0) is 36.4 Å². The zero-order chi connectivity index (χ0) is 20.2. The summed E-state index contributed by atoms with van der Waals surface area (Å²) in [7, 11) is 3.14. The molecule has 148 valence electrons. The second kappa shape index (κ2) is 8.18. The van der Waals surface area contributed by atoms with Gasteiger partial charge in [0.2, 0.25) is 0 Å². The van der Waals surface area contributed by atoms with E-state index in [1.807, 2.05) is 18.2 Å². The van der Waals surface area contributed by atoms with Crippen molar-refractivity contribution in [1.82, 2.24) is 9.97 Å². The van der Waals surface area contributed by atoms with Crippen LogP contribution in [0.2, 0.25) is 0 Å². The highest BCUT2D eigenvalue weighted by Crippen LogP contribution is 2.33. The Balaban J connectivity index is 1.51. The van der Waals surface area contributed by atoms with Gasteiger partial charge >= 0.3 is 0 Å². The summed E-state index contributed by atoms with van der Waals surface area (Å²) in [4.78, 5) is 24.0. The standard InChI is InChI=1S/C22H22N4O3/c1-28-16-8-9-19(20(12-16)29-2)25-22(27)17-6-5-11-24-21(17)26-13-15(14-26)18-7-3-4-10-23-18/h3-12,15H,13-14H2,1-2H3,(H,25,27). The summed E-state index contributed by atoms with van der Waals surface area (Å²) in [5.74, 6) is 1.96. The molecule has 1 amide bonds. The molecule has 1 aliphatic rings. The fraction of sp³-hybridized carbons (Fsp3) is 0.227. The topological polar surface area (TPSA) is 76.6 Å². The van der Waals surface area contributed by atoms with Crippen LogP contribution in [-0.4, -0.2) is 43.2 Å². The van der Waals surface area contributed by atoms with Crippen LogP contribution in [0, 0.1) is 0 Å². The smallest absolute Gasteiger partial charge is 0.259 e. The maximum Gasteiger partial charge on any atom is 0.259 e. The van der Waals surface area contributed by atoms with Crippen LogP contribution in [0.25, 0.3) is 0 Å². The molecule has 0 atom stereocenters. The third-order valence-corrected chi connectivity index (χ3v) is 4.98. The largest absolute Gasteiger partial charge is 0.497 e. The Kier molecular flexibility index (Phi) is 5.29. The number of ether oxygens (including phenoxy) is 2. The minimum atomic E-state index is -0.238. The molecule has 7 nitrogen and oxygen atoms in total. The van der Waals surface area contributed by atoms with Crippen LogP contribution in [0.1, 0.15) is 22.0 Å². The number of nitrogens with one attached hydrogen (secondary N) is 1. The van der Waals surface area contributed by atoms with Gasteiger partial charge in [-0.2, -0.15) is 0 Å². The first-order chi connectivity index (χ1) is 14.2. The molecule has 1 fully saturated rings. The van der Waals surface area contributed by atoms with Crippen molar-refractivity contribution in [1.29, 1.82) is 0 Å². The molecule has 1 aromatic carbocycles. The summed E-state index contributed by atoms with van der Waals surface area (Å²) >= 11 is 0. The molecule has 0 radical (unpaired) electrons. The van der Waals surface area contributed by atoms with Crippen molar-refractivity contribution in [2.24, 2.45) is 0 Å². The van der Waals surface area contributed by atoms with Crippen LogP contribution >= 0.6 is 0 Å². The first-order valence-electron chi connectivity index (χ1n) is 9.34. The highest BCUT2D eigenvalue weighted by atomic mass is 16.5. The van der Waals surface area contributed by atoms with Crippen molar-refractivity contribution >= 4 is 17.4 Å². The van der Waals surface area contributed by atoms with Gasteiger partial charge in [0.15, 0.2) is 0 Å². The van der Waals surface area contributed by atoms with Gasteiger partial charge in [0, 0.05) is 43.2 Å². The fourth-order valence-electron chi connectivity index (χ4n) is 3.37. The van der Waals surface area contributed by atoms with Gasteiger partial charge in [0.1, 0.15) is 17.3 Å². The van der Waals surface area contributed by atoms with E-state index in [-0.39, 0.29) is 5.91 Å². The van der Waals surface area contributed by atoms with E-state index < -0.39 is 0 Å². The average molecular weight is 390 g/mol. The summed E-state index contributed by atoms with van der Waals surface area (Å²) < 4.78 is 10.6. The summed E-state index contributed by atoms with van der Waals surface area (Å²) in [6.45, 7) is 1.56. The predicted molar refractivity (Wildman–Crippen MR) is 111 cm³/mol. The molecule has 3 heterocycles. The molecule has 0 spiro atoms. The number of methoxy groups -OCH3 is 2. The predicted octanol–water partition coefficient (Wildman–Crippen LogP) is 3.35. The summed E-state index contributed by atoms with van der Waals surface area (Å²) in [5, 5.41) is 2.92. The van der Waals surface area contributed by atoms with Crippen molar-refractivity contribution in [3.05, 3.63) is 72.2 Å². The van der Waals surface area contributed by atoms with Crippen molar-refractivity contribution in [3.8, 4) is 11.5 Å². The molecule has 2 aromatic heterocycles. The second-order valence-corrected chi connectivity index (χ2v) is 6.75. The fourth-order valence-corrected chi connectivity index (χ4v) is 3.37. The molecule has 1 saturated heterocycles. The molecule has 4 rings (SSSR count). The van der Waals surface area contributed by atoms with Gasteiger partial charge in [-0.25, -0.2) is 4.98 Å². The van der Waals surface area contributed by atoms with Crippen molar-refractivity contribution in [2.45, 2.75) is 5.92 Å². The van der Waals surface area contributed by atoms with Crippen molar-refractivity contribution in [2.75, 3.05) is 37.5 Å². The van der Waals surface area contributed by atoms with Crippen molar-refractivity contribution < 1.29 is 14.3 Å². The van der Waals surface area contributed by atoms with Gasteiger partial charge in [-0.15, -0.1) is 0 Å². The molecule has 29 heavy (non-hydrogen) atoms. The van der Waals surface area contributed by atoms with Crippen LogP contribution in [-0.2, 0) is 0 Å². The number of carbonyl (C=O) groups excluding carboxylic acids is 1. The number of aromatic nitrogens is 2. The first kappa shape index (κ1) is 18.7. The molecule has 7 heteroatoms. The lowest BCUT2D eigenvalue weighted by Crippen LogP contribution is -2.46. The number of rotatable bonds is 6. The van der Waals surface area contributed by atoms with Gasteiger partial charge < -0.3 is 19.7 Å². The second-order valence-electron chi connectivity index (χ2n) is 6.75. The van der Waals surface area contributed by atoms with E-state index in [0.717, 1.165) is 18.8 Å². The van der Waals surface area contributed by atoms with E-state index in [2.05, 4.69) is 20.2 Å². The van der Waals surface area contributed by atoms with E-state index in [4.69, 9.17) is 9.47 Å². The number of nitrogens with zero attached hydrogens (tertiary/aromatic N) is 3. The van der Waals surface area contributed by atoms with E-state index in [1.165, 1.54) is 0 Å². The minimum absolute atomic E-state index is 0.238. The van der Waals surface area contributed by atoms with Gasteiger partial charge in [0.25, 0.3) is 5.91 Å². The number of amides is 1. The molecule has 0 unspecified atom stereocenters. The van der Waals surface area contributed by atoms with Crippen LogP contribution in [0.3, 0.4) is 0 Å². The summed E-state index contributed by atoms with van der Waals surface area (Å²) in [6, 6.07) is 14.7. The Morgan fingerprint density at radius 2 is 1.86 bits per heavy atom. The maximum absolute atomic E-state index is 13.0. The summed E-state index contributed by atoms with van der Waals surface area (Å²) in [6.07, 6.45) is 3.51. The third-order valence-electron chi connectivity index (χ3n) is 4.98. The van der Waals surface area contributed by atoms with Crippen LogP contribution in [0.15, 0.2) is 60.9 Å². The lowest BCUT2D eigenvalue weighted by atomic mass is 9.95. The Bertz CT molecular complexity index is 1000. The lowest BCUT2D eigenvalue weighted by Gasteiger charge is -2.40. The number of hydrogen-bond donors (Lipinski definition) is 1. The SMILES string of the molecule is COc1ccc(NC(=O)c2cccnc2N2CC(c3ccccn3)C2)c(OC)c1. The Morgan fingerprint density at radius 3 is 2.59 bits per heavy atom. The van der Waals surface area contributed by atoms with Gasteiger partial charge in [-0.1, -0.05) is 6.07 Å². The normalized spacial score (nSPS) is 13.5. The van der Waals surface area contributed by atoms with Crippen LogP contribution in [0.4, 0.5) is 11.5 Å². The average Bonchev–Trinajstić information content (AvgIpc) is 2.74. The minimum Gasteiger partial charge on any atom is -0.497 e. The molecule has 0 bridgehead atoms. The number of carbonyl (C=O) groups is 1. The van der Waals surface area contributed by atoms with Crippen molar-refractivity contribution in [3.63, 3.8) is 0 Å². The van der Waals surface area contributed by atoms with E-state index in [1.54, 1.807) is 56.9 Å². The molecular weight excluding hydrogens is 368 g/mol. The molecule has 1 N–H and O–H groups in total. The van der Waals surface area contributed by atoms with Crippen LogP contribution in [0.5, 0.6) is 11.5 Å². The Hall–Kier alpha value is -3.61. The maximum atomic E-state index is 13.0. The number of benzene rings is 1. The number of anilines is 2. The number of pyridine rings is 2. The lowest BCUT2D eigenvalue weighted by molar-refractivity contribution is 0.102. The molecular formula is C22H22N4O3. The number of hydrogen-bond acceptors (Lipinski definition) is 6. The molecule has 0 saturated carbocycles. The third kappa shape index (κ3) is 3.85. The molecule has 3 aromatic rings. The highest BCUT2D eigenvalue weighted by Gasteiger charge is 2.32. The highest BCUT2D eigenvalue weighted by molar-refractivity contribution is 6.08. The quantitative estimate of drug-likeness (QED) is 0.696. The van der Waals surface area contributed by atoms with Crippen LogP contribution < -0.4 is 19.7 Å². The zero-order valence-electron chi connectivity index (χ0n) is 16.3. The zero-order valence-corrected chi connectivity index (χ0v) is 16.3. The Labute approximate surface area is 169 Å². The molecule has 0 aliphatic carbocycles. The summed E-state index contributed by atoms with van der Waals surface area (Å²) in [5.41, 5.74) is 2.15. The molecule has 1 aliphatic heterocycles. The monoisotopic (exact) mass is 390 g/mol. The van der Waals surface area contributed by atoms with E-state index >= 15 is 0 Å². The van der Waals surface area contributed by atoms with E-state index in [0.29, 0.717) is 34.5 Å². The first-order valence-corrected chi connectivity index (χ1v) is 9.34. The Morgan fingerprint density at radius 1 is 1.03 bits per heavy atom.